The van der Waals surface area contributed by atoms with E-state index in [1.54, 1.807) is 58.5 Å². The van der Waals surface area contributed by atoms with E-state index in [0.29, 0.717) is 59.2 Å². The number of sulfonamides is 1. The van der Waals surface area contributed by atoms with Gasteiger partial charge in [-0.3, -0.25) is 24.0 Å². The van der Waals surface area contributed by atoms with Crippen molar-refractivity contribution in [1.29, 1.82) is 0 Å². The monoisotopic (exact) mass is 493 g/mol. The Morgan fingerprint density at radius 3 is 2.60 bits per heavy atom. The average Bonchev–Trinajstić information content (AvgIpc) is 3.25. The van der Waals surface area contributed by atoms with E-state index in [1.807, 2.05) is 0 Å². The highest BCUT2D eigenvalue weighted by atomic mass is 32.2. The summed E-state index contributed by atoms with van der Waals surface area (Å²) in [5.41, 5.74) is 1.98. The van der Waals surface area contributed by atoms with Gasteiger partial charge in [0.15, 0.2) is 5.43 Å². The molecule has 1 fully saturated rings. The lowest BCUT2D eigenvalue weighted by Crippen LogP contribution is -2.42. The average molecular weight is 494 g/mol. The van der Waals surface area contributed by atoms with Crippen molar-refractivity contribution >= 4 is 43.3 Å². The molecule has 1 amide bonds. The van der Waals surface area contributed by atoms with E-state index in [4.69, 9.17) is 4.74 Å². The third-order valence-corrected chi connectivity index (χ3v) is 6.42. The summed E-state index contributed by atoms with van der Waals surface area (Å²) in [7, 11) is -3.48. The molecule has 0 aliphatic carbocycles. The van der Waals surface area contributed by atoms with Crippen molar-refractivity contribution in [2.24, 2.45) is 0 Å². The molecule has 0 spiro atoms. The smallest absolute Gasteiger partial charge is 0.244 e. The van der Waals surface area contributed by atoms with Crippen molar-refractivity contribution in [1.82, 2.24) is 19.7 Å². The van der Waals surface area contributed by atoms with Crippen LogP contribution in [-0.2, 0) is 26.1 Å². The third kappa shape index (κ3) is 5.00. The fourth-order valence-corrected chi connectivity index (χ4v) is 4.64. The van der Waals surface area contributed by atoms with Crippen LogP contribution in [0.25, 0.3) is 32.8 Å². The summed E-state index contributed by atoms with van der Waals surface area (Å²) in [5.74, 6) is -0.0292. The van der Waals surface area contributed by atoms with Crippen LogP contribution >= 0.6 is 0 Å². The fourth-order valence-electron chi connectivity index (χ4n) is 4.09. The Morgan fingerprint density at radius 2 is 1.83 bits per heavy atom. The Morgan fingerprint density at radius 1 is 1.06 bits per heavy atom. The second kappa shape index (κ2) is 9.08. The standard InChI is InChI=1S/C24H23N5O5S/c1-35(32,33)27-19-4-2-16-3-5-22-21(24(31)20(16)11-19)10-17(12-25-22)18-13-26-29(14-18)15-23(30)28-6-8-34-9-7-28/h2-5,10-14,27H,6-9,15H2,1H3. The van der Waals surface area contributed by atoms with Crippen LogP contribution in [0.15, 0.2) is 59.8 Å². The Labute approximate surface area is 201 Å². The van der Waals surface area contributed by atoms with E-state index in [9.17, 15) is 18.0 Å². The molecule has 0 atom stereocenters. The summed E-state index contributed by atoms with van der Waals surface area (Å²) in [6, 6.07) is 10.1. The quantitative estimate of drug-likeness (QED) is 0.450. The SMILES string of the molecule is CS(=O)(=O)Nc1ccc2ccc3ncc(-c4cnn(CC(=O)N5CCOCC5)c4)cc3c(=O)c2c1. The highest BCUT2D eigenvalue weighted by Crippen LogP contribution is 2.23. The second-order valence-electron chi connectivity index (χ2n) is 8.42. The van der Waals surface area contributed by atoms with Crippen molar-refractivity contribution in [3.05, 3.63) is 65.2 Å². The number of aromatic nitrogens is 3. The van der Waals surface area contributed by atoms with Crippen LogP contribution in [0.5, 0.6) is 0 Å². The molecule has 1 aliphatic heterocycles. The Balaban J connectivity index is 1.50. The molecular weight excluding hydrogens is 470 g/mol. The zero-order valence-electron chi connectivity index (χ0n) is 19.0. The summed E-state index contributed by atoms with van der Waals surface area (Å²) in [6.45, 7) is 2.33. The van der Waals surface area contributed by atoms with Gasteiger partial charge in [0.2, 0.25) is 15.9 Å². The molecule has 0 unspecified atom stereocenters. The van der Waals surface area contributed by atoms with Crippen molar-refractivity contribution in [2.45, 2.75) is 6.54 Å². The number of ether oxygens (including phenoxy) is 1. The largest absolute Gasteiger partial charge is 0.378 e. The number of rotatable bonds is 5. The van der Waals surface area contributed by atoms with Gasteiger partial charge in [-0.2, -0.15) is 5.10 Å². The first-order valence-electron chi connectivity index (χ1n) is 11.0. The molecule has 11 heteroatoms. The van der Waals surface area contributed by atoms with E-state index in [0.717, 1.165) is 11.8 Å². The number of carbonyl (C=O) groups excluding carboxylic acids is 1. The number of anilines is 1. The number of carbonyl (C=O) groups is 1. The van der Waals surface area contributed by atoms with Gasteiger partial charge in [-0.15, -0.1) is 0 Å². The molecule has 2 aromatic heterocycles. The van der Waals surface area contributed by atoms with Crippen LogP contribution in [-0.4, -0.2) is 66.5 Å². The number of morpholine rings is 1. The van der Waals surface area contributed by atoms with Gasteiger partial charge in [0.25, 0.3) is 0 Å². The number of pyridine rings is 1. The first-order chi connectivity index (χ1) is 16.8. The van der Waals surface area contributed by atoms with Crippen LogP contribution < -0.4 is 10.2 Å². The summed E-state index contributed by atoms with van der Waals surface area (Å²) in [5, 5.41) is 5.74. The van der Waals surface area contributed by atoms with E-state index < -0.39 is 10.0 Å². The number of benzene rings is 1. The number of nitrogens with zero attached hydrogens (tertiary/aromatic N) is 4. The summed E-state index contributed by atoms with van der Waals surface area (Å²) < 4.78 is 32.5. The van der Waals surface area contributed by atoms with Crippen molar-refractivity contribution in [3.63, 3.8) is 0 Å². The van der Waals surface area contributed by atoms with Gasteiger partial charge in [0.05, 0.1) is 31.2 Å². The van der Waals surface area contributed by atoms with Gasteiger partial charge < -0.3 is 9.64 Å². The maximum absolute atomic E-state index is 13.4. The molecule has 4 aromatic rings. The van der Waals surface area contributed by atoms with Crippen LogP contribution in [0, 0.1) is 0 Å². The second-order valence-corrected chi connectivity index (χ2v) is 10.2. The lowest BCUT2D eigenvalue weighted by molar-refractivity contribution is -0.136. The van der Waals surface area contributed by atoms with Crippen LogP contribution in [0.3, 0.4) is 0 Å². The van der Waals surface area contributed by atoms with Gasteiger partial charge in [-0.25, -0.2) is 8.42 Å². The van der Waals surface area contributed by atoms with Gasteiger partial charge in [-0.05, 0) is 29.7 Å². The van der Waals surface area contributed by atoms with Gasteiger partial charge in [-0.1, -0.05) is 12.1 Å². The first kappa shape index (κ1) is 22.9. The van der Waals surface area contributed by atoms with Crippen molar-refractivity contribution in [2.75, 3.05) is 37.3 Å². The third-order valence-electron chi connectivity index (χ3n) is 5.81. The minimum Gasteiger partial charge on any atom is -0.378 e. The predicted molar refractivity (Wildman–Crippen MR) is 133 cm³/mol. The molecule has 3 heterocycles. The Kier molecular flexibility index (Phi) is 5.95. The topological polar surface area (TPSA) is 123 Å². The van der Waals surface area contributed by atoms with E-state index in [1.165, 1.54) is 6.07 Å². The molecule has 1 aliphatic rings. The fraction of sp³-hybridized carbons (Fsp3) is 0.250. The molecule has 5 rings (SSSR count). The van der Waals surface area contributed by atoms with Crippen LogP contribution in [0.2, 0.25) is 0 Å². The van der Waals surface area contributed by atoms with Crippen molar-refractivity contribution < 1.29 is 17.9 Å². The maximum Gasteiger partial charge on any atom is 0.244 e. The lowest BCUT2D eigenvalue weighted by atomic mass is 10.1. The molecule has 0 radical (unpaired) electrons. The summed E-state index contributed by atoms with van der Waals surface area (Å²) >= 11 is 0. The molecule has 35 heavy (non-hydrogen) atoms. The highest BCUT2D eigenvalue weighted by molar-refractivity contribution is 7.92. The first-order valence-corrected chi connectivity index (χ1v) is 12.9. The Bertz CT molecular complexity index is 1610. The van der Waals surface area contributed by atoms with Gasteiger partial charge in [0, 0.05) is 53.1 Å². The highest BCUT2D eigenvalue weighted by Gasteiger charge is 2.18. The minimum absolute atomic E-state index is 0.0292. The number of hydrogen-bond donors (Lipinski definition) is 1. The van der Waals surface area contributed by atoms with E-state index in [-0.39, 0.29) is 17.9 Å². The molecule has 2 aromatic carbocycles. The minimum atomic E-state index is -3.48. The predicted octanol–water partition coefficient (Wildman–Crippen LogP) is 1.84. The van der Waals surface area contributed by atoms with E-state index in [2.05, 4.69) is 14.8 Å². The molecule has 0 saturated carbocycles. The molecular formula is C24H23N5O5S. The molecule has 180 valence electrons. The number of nitrogens with one attached hydrogen (secondary N) is 1. The van der Waals surface area contributed by atoms with Gasteiger partial charge >= 0.3 is 0 Å². The summed E-state index contributed by atoms with van der Waals surface area (Å²) in [6.07, 6.45) is 6.10. The normalized spacial score (nSPS) is 14.4. The zero-order chi connectivity index (χ0) is 24.6. The summed E-state index contributed by atoms with van der Waals surface area (Å²) in [4.78, 5) is 32.2. The Hall–Kier alpha value is -3.83. The molecule has 1 N–H and O–H groups in total. The number of hydrogen-bond acceptors (Lipinski definition) is 7. The van der Waals surface area contributed by atoms with E-state index >= 15 is 0 Å². The van der Waals surface area contributed by atoms with Crippen LogP contribution in [0.1, 0.15) is 0 Å². The zero-order valence-corrected chi connectivity index (χ0v) is 19.8. The number of amides is 1. The lowest BCUT2D eigenvalue weighted by Gasteiger charge is -2.26. The molecule has 1 saturated heterocycles. The van der Waals surface area contributed by atoms with Gasteiger partial charge in [0.1, 0.15) is 6.54 Å². The molecule has 0 bridgehead atoms. The maximum atomic E-state index is 13.4. The van der Waals surface area contributed by atoms with Crippen molar-refractivity contribution in [3.8, 4) is 11.1 Å². The number of fused-ring (bicyclic) bond motifs is 2. The van der Waals surface area contributed by atoms with Crippen LogP contribution in [0.4, 0.5) is 5.69 Å². The molecule has 10 nitrogen and oxygen atoms in total.